The first kappa shape index (κ1) is 65.3. The number of ether oxygens (including phenoxy) is 2. The number of allylic oxidation sites excluding steroid dienone is 12. The van der Waals surface area contributed by atoms with Gasteiger partial charge in [0.1, 0.15) is 6.61 Å². The molecule has 0 fully saturated rings. The maximum absolute atomic E-state index is 12.3. The number of unbranched alkanes of at least 4 members (excludes halogenated alkanes) is 34. The fourth-order valence-corrected chi connectivity index (χ4v) is 8.58. The first-order chi connectivity index (χ1) is 33.6. The van der Waals surface area contributed by atoms with Crippen molar-refractivity contribution in [2.45, 2.75) is 302 Å². The summed E-state index contributed by atoms with van der Waals surface area (Å²) < 4.78 is 10.7. The van der Waals surface area contributed by atoms with E-state index in [4.69, 9.17) is 9.47 Å². The summed E-state index contributed by atoms with van der Waals surface area (Å²) in [6.07, 6.45) is 80.3. The summed E-state index contributed by atoms with van der Waals surface area (Å²) in [5.74, 6) is -0.582. The van der Waals surface area contributed by atoms with Crippen LogP contribution in [0.15, 0.2) is 72.9 Å². The lowest BCUT2D eigenvalue weighted by Gasteiger charge is -2.15. The Labute approximate surface area is 423 Å². The lowest BCUT2D eigenvalue weighted by Crippen LogP contribution is -2.28. The van der Waals surface area contributed by atoms with E-state index in [0.29, 0.717) is 12.8 Å². The maximum Gasteiger partial charge on any atom is 0.306 e. The highest BCUT2D eigenvalue weighted by atomic mass is 16.6. The van der Waals surface area contributed by atoms with E-state index in [0.717, 1.165) is 70.6 Å². The van der Waals surface area contributed by atoms with Crippen LogP contribution in [0.4, 0.5) is 0 Å². The van der Waals surface area contributed by atoms with E-state index in [-0.39, 0.29) is 25.2 Å². The third-order valence-electron chi connectivity index (χ3n) is 13.0. The second-order valence-electron chi connectivity index (χ2n) is 19.7. The highest BCUT2D eigenvalue weighted by molar-refractivity contribution is 5.70. The average Bonchev–Trinajstić information content (AvgIpc) is 3.34. The molecule has 5 nitrogen and oxygen atoms in total. The summed E-state index contributed by atoms with van der Waals surface area (Å²) in [5, 5.41) is 9.66. The van der Waals surface area contributed by atoms with E-state index < -0.39 is 6.10 Å². The minimum absolute atomic E-state index is 0.0654. The molecule has 0 aliphatic heterocycles. The molecule has 0 aliphatic rings. The Bertz CT molecular complexity index is 1210. The third-order valence-corrected chi connectivity index (χ3v) is 13.0. The summed E-state index contributed by atoms with van der Waals surface area (Å²) >= 11 is 0. The molecule has 394 valence electrons. The number of hydrogen-bond acceptors (Lipinski definition) is 5. The predicted molar refractivity (Wildman–Crippen MR) is 297 cm³/mol. The molecule has 0 amide bonds. The fraction of sp³-hybridized carbons (Fsp3) is 0.778. The second-order valence-corrected chi connectivity index (χ2v) is 19.7. The molecule has 68 heavy (non-hydrogen) atoms. The predicted octanol–water partition coefficient (Wildman–Crippen LogP) is 20.0. The van der Waals surface area contributed by atoms with E-state index in [1.54, 1.807) is 0 Å². The number of aliphatic hydroxyl groups is 1. The highest BCUT2D eigenvalue weighted by Crippen LogP contribution is 2.17. The molecule has 0 saturated carbocycles. The van der Waals surface area contributed by atoms with Crippen LogP contribution in [-0.2, 0) is 19.1 Å². The molecule has 0 bridgehead atoms. The SMILES string of the molecule is CC/C=C\C/C=C\C/C=C\C/C=C\C/C=C\CCCCCCCCCCCCCCCCCCCC(=O)OC(CO)COC(=O)CCCCCCCCCCC/C=C\CCCCCCCCCC. The van der Waals surface area contributed by atoms with E-state index in [1.165, 1.54) is 199 Å². The zero-order chi connectivity index (χ0) is 49.2. The quantitative estimate of drug-likeness (QED) is 0.0374. The summed E-state index contributed by atoms with van der Waals surface area (Å²) in [4.78, 5) is 24.5. The standard InChI is InChI=1S/C63H112O5/c1-3-5-7-9-11-13-15-17-19-21-23-25-26-27-28-29-30-31-32-33-34-35-36-38-40-42-44-46-48-50-52-54-56-58-63(66)68-61(59-64)60-67-62(65)57-55-53-51-49-47-45-43-41-39-37-24-22-20-18-16-14-12-10-8-6-4-2/h5,7,11,13,17,19,22-25,27-28,61,64H,3-4,6,8-10,12,14-16,18,20-21,26,29-60H2,1-2H3/b7-5-,13-11-,19-17-,24-22-,25-23-,28-27-. The van der Waals surface area contributed by atoms with Gasteiger partial charge in [-0.15, -0.1) is 0 Å². The molecular formula is C63H112O5. The zero-order valence-electron chi connectivity index (χ0n) is 45.1. The first-order valence-corrected chi connectivity index (χ1v) is 29.5. The van der Waals surface area contributed by atoms with Crippen LogP contribution >= 0.6 is 0 Å². The van der Waals surface area contributed by atoms with Gasteiger partial charge in [-0.1, -0.05) is 273 Å². The Morgan fingerprint density at radius 3 is 0.971 bits per heavy atom. The average molecular weight is 950 g/mol. The largest absolute Gasteiger partial charge is 0.462 e. The van der Waals surface area contributed by atoms with Gasteiger partial charge in [0, 0.05) is 12.8 Å². The minimum Gasteiger partial charge on any atom is -0.462 e. The van der Waals surface area contributed by atoms with Gasteiger partial charge in [-0.05, 0) is 83.5 Å². The van der Waals surface area contributed by atoms with Crippen LogP contribution < -0.4 is 0 Å². The highest BCUT2D eigenvalue weighted by Gasteiger charge is 2.16. The van der Waals surface area contributed by atoms with Crippen molar-refractivity contribution in [3.63, 3.8) is 0 Å². The van der Waals surface area contributed by atoms with E-state index in [2.05, 4.69) is 86.8 Å². The number of esters is 2. The molecule has 1 atom stereocenters. The van der Waals surface area contributed by atoms with Crippen LogP contribution in [0.3, 0.4) is 0 Å². The summed E-state index contributed by atoms with van der Waals surface area (Å²) in [5.41, 5.74) is 0. The maximum atomic E-state index is 12.3. The van der Waals surface area contributed by atoms with Gasteiger partial charge in [0.2, 0.25) is 0 Å². The van der Waals surface area contributed by atoms with Crippen LogP contribution in [0.2, 0.25) is 0 Å². The monoisotopic (exact) mass is 949 g/mol. The van der Waals surface area contributed by atoms with Crippen LogP contribution in [0.1, 0.15) is 296 Å². The molecule has 0 aromatic carbocycles. The molecule has 5 heteroatoms. The van der Waals surface area contributed by atoms with Crippen LogP contribution in [0.5, 0.6) is 0 Å². The van der Waals surface area contributed by atoms with Crippen molar-refractivity contribution in [2.75, 3.05) is 13.2 Å². The fourth-order valence-electron chi connectivity index (χ4n) is 8.58. The van der Waals surface area contributed by atoms with E-state index >= 15 is 0 Å². The summed E-state index contributed by atoms with van der Waals surface area (Å²) in [6, 6.07) is 0. The number of carbonyl (C=O) groups excluding carboxylic acids is 2. The molecule has 1 N–H and O–H groups in total. The van der Waals surface area contributed by atoms with Crippen LogP contribution in [0.25, 0.3) is 0 Å². The van der Waals surface area contributed by atoms with Gasteiger partial charge in [0.05, 0.1) is 6.61 Å². The van der Waals surface area contributed by atoms with Crippen molar-refractivity contribution in [1.82, 2.24) is 0 Å². The Morgan fingerprint density at radius 2 is 0.632 bits per heavy atom. The lowest BCUT2D eigenvalue weighted by atomic mass is 10.0. The smallest absolute Gasteiger partial charge is 0.306 e. The third kappa shape index (κ3) is 55.9. The Kier molecular flexibility index (Phi) is 56.4. The minimum atomic E-state index is -0.774. The second kappa shape index (κ2) is 58.7. The number of rotatable bonds is 54. The van der Waals surface area contributed by atoms with Gasteiger partial charge >= 0.3 is 11.9 Å². The Balaban J connectivity index is 3.46. The number of carbonyl (C=O) groups is 2. The van der Waals surface area contributed by atoms with Crippen molar-refractivity contribution in [3.05, 3.63) is 72.9 Å². The number of hydrogen-bond donors (Lipinski definition) is 1. The Morgan fingerprint density at radius 1 is 0.353 bits per heavy atom. The number of aliphatic hydroxyl groups excluding tert-OH is 1. The van der Waals surface area contributed by atoms with Gasteiger partial charge in [-0.3, -0.25) is 9.59 Å². The molecule has 0 aromatic rings. The molecule has 0 aliphatic carbocycles. The molecule has 0 spiro atoms. The first-order valence-electron chi connectivity index (χ1n) is 29.5. The van der Waals surface area contributed by atoms with Crippen molar-refractivity contribution >= 4 is 11.9 Å². The molecule has 0 rings (SSSR count). The van der Waals surface area contributed by atoms with Gasteiger partial charge in [-0.2, -0.15) is 0 Å². The molecule has 0 saturated heterocycles. The van der Waals surface area contributed by atoms with Gasteiger partial charge in [-0.25, -0.2) is 0 Å². The molecular weight excluding hydrogens is 837 g/mol. The van der Waals surface area contributed by atoms with Gasteiger partial charge < -0.3 is 14.6 Å². The van der Waals surface area contributed by atoms with Gasteiger partial charge in [0.15, 0.2) is 6.10 Å². The summed E-state index contributed by atoms with van der Waals surface area (Å²) in [6.45, 7) is 4.06. The van der Waals surface area contributed by atoms with Crippen LogP contribution in [0, 0.1) is 0 Å². The normalized spacial score (nSPS) is 12.7. The lowest BCUT2D eigenvalue weighted by molar-refractivity contribution is -0.161. The van der Waals surface area contributed by atoms with Gasteiger partial charge in [0.25, 0.3) is 0 Å². The zero-order valence-corrected chi connectivity index (χ0v) is 45.1. The molecule has 0 heterocycles. The van der Waals surface area contributed by atoms with Crippen molar-refractivity contribution in [1.29, 1.82) is 0 Å². The molecule has 0 radical (unpaired) electrons. The van der Waals surface area contributed by atoms with E-state index in [9.17, 15) is 14.7 Å². The summed E-state index contributed by atoms with van der Waals surface area (Å²) in [7, 11) is 0. The van der Waals surface area contributed by atoms with Crippen molar-refractivity contribution in [3.8, 4) is 0 Å². The van der Waals surface area contributed by atoms with E-state index in [1.807, 2.05) is 0 Å². The van der Waals surface area contributed by atoms with Crippen molar-refractivity contribution < 1.29 is 24.2 Å². The Hall–Kier alpha value is -2.66. The van der Waals surface area contributed by atoms with Crippen LogP contribution in [-0.4, -0.2) is 36.4 Å². The van der Waals surface area contributed by atoms with Crippen molar-refractivity contribution in [2.24, 2.45) is 0 Å². The topological polar surface area (TPSA) is 72.8 Å². The molecule has 0 aromatic heterocycles. The molecule has 1 unspecified atom stereocenters.